The Morgan fingerprint density at radius 2 is 2.20 bits per heavy atom. The van der Waals surface area contributed by atoms with E-state index in [0.717, 1.165) is 4.88 Å². The van der Waals surface area contributed by atoms with Crippen molar-refractivity contribution in [1.82, 2.24) is 10.6 Å². The van der Waals surface area contributed by atoms with Gasteiger partial charge in [0, 0.05) is 17.6 Å². The van der Waals surface area contributed by atoms with Crippen molar-refractivity contribution in [1.29, 1.82) is 0 Å². The van der Waals surface area contributed by atoms with Crippen molar-refractivity contribution >= 4 is 40.9 Å². The van der Waals surface area contributed by atoms with Gasteiger partial charge in [0.15, 0.2) is 0 Å². The smallest absolute Gasteiger partial charge is 0.327 e. The third kappa shape index (κ3) is 6.58. The summed E-state index contributed by atoms with van der Waals surface area (Å²) >= 11 is 2.73. The first-order chi connectivity index (χ1) is 9.49. The van der Waals surface area contributed by atoms with Crippen molar-refractivity contribution < 1.29 is 19.5 Å². The number of carboxylic acids is 1. The zero-order valence-corrected chi connectivity index (χ0v) is 12.6. The number of thiophene rings is 1. The second-order valence-electron chi connectivity index (χ2n) is 3.96. The van der Waals surface area contributed by atoms with Crippen molar-refractivity contribution in [3.63, 3.8) is 0 Å². The maximum atomic E-state index is 11.5. The van der Waals surface area contributed by atoms with E-state index in [9.17, 15) is 14.4 Å². The van der Waals surface area contributed by atoms with Crippen LogP contribution in [0.1, 0.15) is 11.8 Å². The zero-order chi connectivity index (χ0) is 15.0. The fraction of sp³-hybridized carbons (Fsp3) is 0.417. The van der Waals surface area contributed by atoms with Gasteiger partial charge in [0.25, 0.3) is 0 Å². The molecule has 2 amide bonds. The van der Waals surface area contributed by atoms with Crippen LogP contribution in [0.4, 0.5) is 0 Å². The maximum Gasteiger partial charge on any atom is 0.327 e. The van der Waals surface area contributed by atoms with Gasteiger partial charge in [0.05, 0.1) is 12.3 Å². The molecule has 1 aromatic heterocycles. The molecule has 0 aliphatic rings. The van der Waals surface area contributed by atoms with Gasteiger partial charge in [-0.1, -0.05) is 6.07 Å². The van der Waals surface area contributed by atoms with E-state index in [4.69, 9.17) is 5.11 Å². The predicted octanol–water partition coefficient (Wildman–Crippen LogP) is 0.687. The standard InChI is InChI=1S/C12H16N2O4S2/c1-8(15)14-10(12(17)18)6-19-7-11(16)13-5-9-3-2-4-20-9/h2-4,10H,5-7H2,1H3,(H,13,16)(H,14,15)(H,17,18). The minimum absolute atomic E-state index is 0.154. The number of carbonyl (C=O) groups is 3. The number of aliphatic carboxylic acids is 1. The average Bonchev–Trinajstić information content (AvgIpc) is 2.87. The van der Waals surface area contributed by atoms with Crippen LogP contribution in [0.15, 0.2) is 17.5 Å². The average molecular weight is 316 g/mol. The van der Waals surface area contributed by atoms with Crippen LogP contribution >= 0.6 is 23.1 Å². The van der Waals surface area contributed by atoms with Crippen molar-refractivity contribution in [3.8, 4) is 0 Å². The lowest BCUT2D eigenvalue weighted by molar-refractivity contribution is -0.140. The lowest BCUT2D eigenvalue weighted by Gasteiger charge is -2.12. The number of nitrogens with one attached hydrogen (secondary N) is 2. The Kier molecular flexibility index (Phi) is 7.10. The molecule has 6 nitrogen and oxygen atoms in total. The second kappa shape index (κ2) is 8.60. The van der Waals surface area contributed by atoms with Gasteiger partial charge in [-0.05, 0) is 11.4 Å². The molecular weight excluding hydrogens is 300 g/mol. The van der Waals surface area contributed by atoms with Crippen LogP contribution in [0, 0.1) is 0 Å². The van der Waals surface area contributed by atoms with Gasteiger partial charge in [-0.15, -0.1) is 23.1 Å². The van der Waals surface area contributed by atoms with Crippen LogP contribution in [0.3, 0.4) is 0 Å². The molecule has 0 radical (unpaired) electrons. The highest BCUT2D eigenvalue weighted by Crippen LogP contribution is 2.08. The molecule has 0 aromatic carbocycles. The van der Waals surface area contributed by atoms with Crippen LogP contribution in [-0.2, 0) is 20.9 Å². The normalized spacial score (nSPS) is 11.7. The quantitative estimate of drug-likeness (QED) is 0.656. The van der Waals surface area contributed by atoms with Gasteiger partial charge in [0.1, 0.15) is 6.04 Å². The van der Waals surface area contributed by atoms with Gasteiger partial charge in [0.2, 0.25) is 11.8 Å². The predicted molar refractivity (Wildman–Crippen MR) is 78.7 cm³/mol. The summed E-state index contributed by atoms with van der Waals surface area (Å²) in [6, 6.07) is 2.86. The van der Waals surface area contributed by atoms with Gasteiger partial charge in [-0.2, -0.15) is 0 Å². The van der Waals surface area contributed by atoms with Gasteiger partial charge < -0.3 is 15.7 Å². The molecule has 110 valence electrons. The fourth-order valence-corrected chi connectivity index (χ4v) is 2.85. The van der Waals surface area contributed by atoms with E-state index >= 15 is 0 Å². The number of amides is 2. The topological polar surface area (TPSA) is 95.5 Å². The minimum atomic E-state index is -1.10. The number of rotatable bonds is 8. The number of hydrogen-bond acceptors (Lipinski definition) is 5. The summed E-state index contributed by atoms with van der Waals surface area (Å²) in [5.74, 6) is -1.35. The summed E-state index contributed by atoms with van der Waals surface area (Å²) in [6.07, 6.45) is 0. The molecule has 0 fully saturated rings. The number of thioether (sulfide) groups is 1. The lowest BCUT2D eigenvalue weighted by atomic mass is 10.3. The van der Waals surface area contributed by atoms with E-state index in [0.29, 0.717) is 6.54 Å². The molecule has 1 rings (SSSR count). The van der Waals surface area contributed by atoms with Crippen LogP contribution in [0.5, 0.6) is 0 Å². The highest BCUT2D eigenvalue weighted by atomic mass is 32.2. The Hall–Kier alpha value is -1.54. The van der Waals surface area contributed by atoms with Crippen molar-refractivity contribution in [2.24, 2.45) is 0 Å². The van der Waals surface area contributed by atoms with Crippen LogP contribution in [-0.4, -0.2) is 40.4 Å². The van der Waals surface area contributed by atoms with E-state index in [1.807, 2.05) is 17.5 Å². The largest absolute Gasteiger partial charge is 0.480 e. The van der Waals surface area contributed by atoms with Gasteiger partial charge in [-0.25, -0.2) is 4.79 Å². The summed E-state index contributed by atoms with van der Waals surface area (Å²) in [6.45, 7) is 1.74. The molecule has 0 bridgehead atoms. The lowest BCUT2D eigenvalue weighted by Crippen LogP contribution is -2.41. The van der Waals surface area contributed by atoms with E-state index in [1.54, 1.807) is 11.3 Å². The van der Waals surface area contributed by atoms with Crippen molar-refractivity contribution in [2.75, 3.05) is 11.5 Å². The molecule has 8 heteroatoms. The van der Waals surface area contributed by atoms with Crippen LogP contribution in [0.25, 0.3) is 0 Å². The highest BCUT2D eigenvalue weighted by molar-refractivity contribution is 8.00. The Bertz CT molecular complexity index is 462. The van der Waals surface area contributed by atoms with E-state index in [1.165, 1.54) is 18.7 Å². The third-order valence-corrected chi connectivity index (χ3v) is 4.14. The van der Waals surface area contributed by atoms with E-state index < -0.39 is 17.9 Å². The Morgan fingerprint density at radius 1 is 1.45 bits per heavy atom. The summed E-state index contributed by atoms with van der Waals surface area (Å²) in [5.41, 5.74) is 0. The zero-order valence-electron chi connectivity index (χ0n) is 10.9. The number of carbonyl (C=O) groups excluding carboxylic acids is 2. The SMILES string of the molecule is CC(=O)NC(CSCC(=O)NCc1cccs1)C(=O)O. The number of carboxylic acid groups (broad SMARTS) is 1. The van der Waals surface area contributed by atoms with Gasteiger partial charge >= 0.3 is 5.97 Å². The maximum absolute atomic E-state index is 11.5. The van der Waals surface area contributed by atoms with E-state index in [2.05, 4.69) is 10.6 Å². The molecule has 0 saturated carbocycles. The first-order valence-electron chi connectivity index (χ1n) is 5.85. The molecule has 3 N–H and O–H groups in total. The summed E-state index contributed by atoms with van der Waals surface area (Å²) in [7, 11) is 0. The summed E-state index contributed by atoms with van der Waals surface area (Å²) in [5, 5.41) is 15.9. The molecule has 0 aliphatic carbocycles. The molecule has 1 aromatic rings. The monoisotopic (exact) mass is 316 g/mol. The van der Waals surface area contributed by atoms with E-state index in [-0.39, 0.29) is 17.4 Å². The fourth-order valence-electron chi connectivity index (χ4n) is 1.34. The van der Waals surface area contributed by atoms with Crippen LogP contribution in [0.2, 0.25) is 0 Å². The van der Waals surface area contributed by atoms with Crippen molar-refractivity contribution in [2.45, 2.75) is 19.5 Å². The Labute approximate surface area is 124 Å². The van der Waals surface area contributed by atoms with Gasteiger partial charge in [-0.3, -0.25) is 9.59 Å². The minimum Gasteiger partial charge on any atom is -0.480 e. The highest BCUT2D eigenvalue weighted by Gasteiger charge is 2.18. The molecule has 0 spiro atoms. The number of hydrogen-bond donors (Lipinski definition) is 3. The molecule has 1 unspecified atom stereocenters. The molecule has 1 atom stereocenters. The first-order valence-corrected chi connectivity index (χ1v) is 7.89. The molecule has 20 heavy (non-hydrogen) atoms. The third-order valence-electron chi connectivity index (χ3n) is 2.23. The molecule has 0 saturated heterocycles. The molecule has 0 aliphatic heterocycles. The Morgan fingerprint density at radius 3 is 2.75 bits per heavy atom. The molecule has 1 heterocycles. The summed E-state index contributed by atoms with van der Waals surface area (Å²) < 4.78 is 0. The Balaban J connectivity index is 2.22. The summed E-state index contributed by atoms with van der Waals surface area (Å²) in [4.78, 5) is 34.3. The van der Waals surface area contributed by atoms with Crippen LogP contribution < -0.4 is 10.6 Å². The second-order valence-corrected chi connectivity index (χ2v) is 6.03. The molecular formula is C12H16N2O4S2. The first kappa shape index (κ1) is 16.5. The van der Waals surface area contributed by atoms with Crippen molar-refractivity contribution in [3.05, 3.63) is 22.4 Å².